The van der Waals surface area contributed by atoms with Crippen molar-refractivity contribution >= 4 is 5.78 Å². The number of nitrogens with zero attached hydrogens (tertiary/aromatic N) is 1. The zero-order valence-electron chi connectivity index (χ0n) is 8.90. The third kappa shape index (κ3) is 2.78. The van der Waals surface area contributed by atoms with Crippen LogP contribution in [0.2, 0.25) is 0 Å². The van der Waals surface area contributed by atoms with E-state index in [1.165, 1.54) is 19.8 Å². The monoisotopic (exact) mass is 205 g/mol. The van der Waals surface area contributed by atoms with E-state index in [1.807, 2.05) is 0 Å². The molecule has 1 heterocycles. The molecule has 1 saturated carbocycles. The van der Waals surface area contributed by atoms with Crippen molar-refractivity contribution in [1.82, 2.24) is 4.98 Å². The second kappa shape index (κ2) is 4.43. The second-order valence-corrected chi connectivity index (χ2v) is 3.99. The first-order chi connectivity index (χ1) is 7.27. The Hall–Kier alpha value is -1.38. The van der Waals surface area contributed by atoms with E-state index >= 15 is 0 Å². The fourth-order valence-corrected chi connectivity index (χ4v) is 1.50. The van der Waals surface area contributed by atoms with Crippen molar-refractivity contribution < 1.29 is 9.53 Å². The van der Waals surface area contributed by atoms with E-state index in [0.717, 1.165) is 12.3 Å². The summed E-state index contributed by atoms with van der Waals surface area (Å²) in [4.78, 5) is 15.3. The molecule has 0 aliphatic heterocycles. The minimum absolute atomic E-state index is 0.00419. The van der Waals surface area contributed by atoms with Crippen molar-refractivity contribution in [3.63, 3.8) is 0 Å². The zero-order chi connectivity index (χ0) is 10.7. The van der Waals surface area contributed by atoms with Crippen LogP contribution in [-0.2, 0) is 0 Å². The van der Waals surface area contributed by atoms with Gasteiger partial charge in [0.15, 0.2) is 5.78 Å². The molecule has 0 bridgehead atoms. The SMILES string of the molecule is CC(=O)c1cccnc1OCCC1CC1. The Kier molecular flexibility index (Phi) is 2.99. The van der Waals surface area contributed by atoms with Gasteiger partial charge >= 0.3 is 0 Å². The Morgan fingerprint density at radius 1 is 1.60 bits per heavy atom. The van der Waals surface area contributed by atoms with E-state index in [4.69, 9.17) is 4.74 Å². The van der Waals surface area contributed by atoms with Crippen LogP contribution in [0.1, 0.15) is 36.5 Å². The topological polar surface area (TPSA) is 39.2 Å². The average Bonchev–Trinajstić information content (AvgIpc) is 3.02. The summed E-state index contributed by atoms with van der Waals surface area (Å²) in [7, 11) is 0. The molecule has 3 heteroatoms. The van der Waals surface area contributed by atoms with Crippen molar-refractivity contribution in [2.75, 3.05) is 6.61 Å². The van der Waals surface area contributed by atoms with Crippen LogP contribution in [-0.4, -0.2) is 17.4 Å². The molecular formula is C12H15NO2. The summed E-state index contributed by atoms with van der Waals surface area (Å²) in [6, 6.07) is 3.51. The second-order valence-electron chi connectivity index (χ2n) is 3.99. The molecule has 0 radical (unpaired) electrons. The number of pyridine rings is 1. The van der Waals surface area contributed by atoms with Gasteiger partial charge in [-0.25, -0.2) is 4.98 Å². The predicted molar refractivity (Wildman–Crippen MR) is 57.1 cm³/mol. The van der Waals surface area contributed by atoms with Crippen LogP contribution in [0.5, 0.6) is 5.88 Å². The number of aromatic nitrogens is 1. The lowest BCUT2D eigenvalue weighted by Gasteiger charge is -2.07. The standard InChI is InChI=1S/C12H15NO2/c1-9(14)11-3-2-7-13-12(11)15-8-6-10-4-5-10/h2-3,7,10H,4-6,8H2,1H3. The first-order valence-electron chi connectivity index (χ1n) is 5.36. The van der Waals surface area contributed by atoms with Gasteiger partial charge in [-0.2, -0.15) is 0 Å². The minimum Gasteiger partial charge on any atom is -0.477 e. The van der Waals surface area contributed by atoms with Crippen LogP contribution < -0.4 is 4.74 Å². The first kappa shape index (κ1) is 10.1. The van der Waals surface area contributed by atoms with Crippen LogP contribution in [0.15, 0.2) is 18.3 Å². The average molecular weight is 205 g/mol. The number of hydrogen-bond donors (Lipinski definition) is 0. The molecule has 0 atom stereocenters. The van der Waals surface area contributed by atoms with Crippen molar-refractivity contribution in [2.24, 2.45) is 5.92 Å². The summed E-state index contributed by atoms with van der Waals surface area (Å²) in [6.07, 6.45) is 5.38. The molecule has 1 fully saturated rings. The zero-order valence-corrected chi connectivity index (χ0v) is 8.90. The van der Waals surface area contributed by atoms with Crippen LogP contribution in [0.3, 0.4) is 0 Å². The summed E-state index contributed by atoms with van der Waals surface area (Å²) < 4.78 is 5.52. The van der Waals surface area contributed by atoms with Crippen LogP contribution in [0.4, 0.5) is 0 Å². The molecule has 0 saturated heterocycles. The van der Waals surface area contributed by atoms with Gasteiger partial charge in [-0.1, -0.05) is 12.8 Å². The van der Waals surface area contributed by atoms with Crippen molar-refractivity contribution in [2.45, 2.75) is 26.2 Å². The van der Waals surface area contributed by atoms with Gasteiger partial charge in [-0.15, -0.1) is 0 Å². The summed E-state index contributed by atoms with van der Waals surface area (Å²) in [5.41, 5.74) is 0.577. The molecule has 3 nitrogen and oxygen atoms in total. The highest BCUT2D eigenvalue weighted by Crippen LogP contribution is 2.32. The van der Waals surface area contributed by atoms with E-state index in [1.54, 1.807) is 18.3 Å². The van der Waals surface area contributed by atoms with Gasteiger partial charge in [0.2, 0.25) is 5.88 Å². The number of Topliss-reactive ketones (excluding diaryl/α,β-unsaturated/α-hetero) is 1. The fraction of sp³-hybridized carbons (Fsp3) is 0.500. The Bertz CT molecular complexity index is 358. The van der Waals surface area contributed by atoms with Gasteiger partial charge in [0, 0.05) is 6.20 Å². The maximum atomic E-state index is 11.3. The Morgan fingerprint density at radius 3 is 3.07 bits per heavy atom. The van der Waals surface area contributed by atoms with E-state index in [0.29, 0.717) is 18.1 Å². The van der Waals surface area contributed by atoms with Gasteiger partial charge in [0.05, 0.1) is 12.2 Å². The van der Waals surface area contributed by atoms with Gasteiger partial charge in [-0.05, 0) is 31.4 Å². The van der Waals surface area contributed by atoms with E-state index in [-0.39, 0.29) is 5.78 Å². The van der Waals surface area contributed by atoms with Crippen molar-refractivity contribution in [3.05, 3.63) is 23.9 Å². The molecule has 80 valence electrons. The molecule has 0 N–H and O–H groups in total. The number of ketones is 1. The maximum absolute atomic E-state index is 11.3. The lowest BCUT2D eigenvalue weighted by Crippen LogP contribution is -2.05. The van der Waals surface area contributed by atoms with Crippen LogP contribution >= 0.6 is 0 Å². The van der Waals surface area contributed by atoms with Crippen molar-refractivity contribution in [3.8, 4) is 5.88 Å². The van der Waals surface area contributed by atoms with Crippen molar-refractivity contribution in [1.29, 1.82) is 0 Å². The fourth-order valence-electron chi connectivity index (χ4n) is 1.50. The lowest BCUT2D eigenvalue weighted by molar-refractivity contribution is 0.101. The Labute approximate surface area is 89.5 Å². The molecule has 1 aliphatic carbocycles. The number of carbonyl (C=O) groups is 1. The quantitative estimate of drug-likeness (QED) is 0.693. The molecule has 2 rings (SSSR count). The molecule has 15 heavy (non-hydrogen) atoms. The third-order valence-corrected chi connectivity index (χ3v) is 2.61. The molecular weight excluding hydrogens is 190 g/mol. The Balaban J connectivity index is 1.95. The molecule has 1 aromatic heterocycles. The molecule has 0 amide bonds. The highest BCUT2D eigenvalue weighted by atomic mass is 16.5. The van der Waals surface area contributed by atoms with E-state index < -0.39 is 0 Å². The summed E-state index contributed by atoms with van der Waals surface area (Å²) >= 11 is 0. The van der Waals surface area contributed by atoms with E-state index in [9.17, 15) is 4.79 Å². The van der Waals surface area contributed by atoms with Gasteiger partial charge < -0.3 is 4.74 Å². The highest BCUT2D eigenvalue weighted by Gasteiger charge is 2.21. The Morgan fingerprint density at radius 2 is 2.40 bits per heavy atom. The molecule has 1 aromatic rings. The minimum atomic E-state index is 0.00419. The first-order valence-corrected chi connectivity index (χ1v) is 5.36. The van der Waals surface area contributed by atoms with Gasteiger partial charge in [0.1, 0.15) is 0 Å². The smallest absolute Gasteiger partial charge is 0.224 e. The van der Waals surface area contributed by atoms with Gasteiger partial charge in [0.25, 0.3) is 0 Å². The lowest BCUT2D eigenvalue weighted by atomic mass is 10.2. The van der Waals surface area contributed by atoms with Gasteiger partial charge in [-0.3, -0.25) is 4.79 Å². The molecule has 0 spiro atoms. The maximum Gasteiger partial charge on any atom is 0.224 e. The van der Waals surface area contributed by atoms with Crippen LogP contribution in [0.25, 0.3) is 0 Å². The number of hydrogen-bond acceptors (Lipinski definition) is 3. The molecule has 0 aromatic carbocycles. The highest BCUT2D eigenvalue weighted by molar-refractivity contribution is 5.96. The number of ether oxygens (including phenoxy) is 1. The van der Waals surface area contributed by atoms with E-state index in [2.05, 4.69) is 4.98 Å². The summed E-state index contributed by atoms with van der Waals surface area (Å²) in [5, 5.41) is 0. The summed E-state index contributed by atoms with van der Waals surface area (Å²) in [5.74, 6) is 1.32. The predicted octanol–water partition coefficient (Wildman–Crippen LogP) is 2.46. The third-order valence-electron chi connectivity index (χ3n) is 2.61. The summed E-state index contributed by atoms with van der Waals surface area (Å²) in [6.45, 7) is 2.20. The number of rotatable bonds is 5. The molecule has 0 unspecified atom stereocenters. The number of carbonyl (C=O) groups excluding carboxylic acids is 1. The van der Waals surface area contributed by atoms with Crippen LogP contribution in [0, 0.1) is 5.92 Å². The molecule has 1 aliphatic rings. The normalized spacial score (nSPS) is 15.0. The largest absolute Gasteiger partial charge is 0.477 e.